The number of rotatable bonds is 3. The number of nitrogen functional groups attached to an aromatic ring is 1. The van der Waals surface area contributed by atoms with Gasteiger partial charge >= 0.3 is 0 Å². The Labute approximate surface area is 105 Å². The van der Waals surface area contributed by atoms with Crippen LogP contribution >= 0.6 is 15.9 Å². The minimum Gasteiger partial charge on any atom is -0.398 e. The summed E-state index contributed by atoms with van der Waals surface area (Å²) in [5.74, 6) is 0. The Hall–Kier alpha value is -0.580. The van der Waals surface area contributed by atoms with E-state index in [9.17, 15) is 0 Å². The van der Waals surface area contributed by atoms with Crippen molar-refractivity contribution in [2.75, 3.05) is 26.0 Å². The van der Waals surface area contributed by atoms with Gasteiger partial charge < -0.3 is 10.5 Å². The van der Waals surface area contributed by atoms with Crippen molar-refractivity contribution in [3.05, 3.63) is 28.2 Å². The Bertz CT molecular complexity index is 364. The van der Waals surface area contributed by atoms with E-state index in [1.165, 1.54) is 5.56 Å². The van der Waals surface area contributed by atoms with Gasteiger partial charge in [-0.25, -0.2) is 0 Å². The SMILES string of the molecule is CN(Cc1ccc(Br)cc1N)C1CCOC1. The van der Waals surface area contributed by atoms with Crippen molar-refractivity contribution >= 4 is 21.6 Å². The van der Waals surface area contributed by atoms with Crippen LogP contribution in [0.2, 0.25) is 0 Å². The first kappa shape index (κ1) is 11.9. The molecule has 0 amide bonds. The predicted molar refractivity (Wildman–Crippen MR) is 69.2 cm³/mol. The predicted octanol–water partition coefficient (Wildman–Crippen LogP) is 2.25. The van der Waals surface area contributed by atoms with Crippen LogP contribution in [0.5, 0.6) is 0 Å². The molecule has 0 spiro atoms. The van der Waals surface area contributed by atoms with E-state index in [1.807, 2.05) is 12.1 Å². The normalized spacial score (nSPS) is 20.6. The molecular weight excluding hydrogens is 268 g/mol. The molecule has 0 aliphatic carbocycles. The fourth-order valence-electron chi connectivity index (χ4n) is 1.98. The molecule has 1 atom stereocenters. The average Bonchev–Trinajstić information content (AvgIpc) is 2.75. The van der Waals surface area contributed by atoms with E-state index < -0.39 is 0 Å². The van der Waals surface area contributed by atoms with Crippen molar-refractivity contribution in [2.24, 2.45) is 0 Å². The van der Waals surface area contributed by atoms with E-state index in [-0.39, 0.29) is 0 Å². The van der Waals surface area contributed by atoms with Crippen LogP contribution in [-0.2, 0) is 11.3 Å². The zero-order valence-electron chi connectivity index (χ0n) is 9.45. The highest BCUT2D eigenvalue weighted by atomic mass is 79.9. The molecule has 1 saturated heterocycles. The highest BCUT2D eigenvalue weighted by Crippen LogP contribution is 2.21. The second kappa shape index (κ2) is 5.17. The third-order valence-corrected chi connectivity index (χ3v) is 3.55. The Morgan fingerprint density at radius 1 is 1.56 bits per heavy atom. The maximum Gasteiger partial charge on any atom is 0.0622 e. The molecule has 88 valence electrons. The van der Waals surface area contributed by atoms with Gasteiger partial charge in [0.1, 0.15) is 0 Å². The smallest absolute Gasteiger partial charge is 0.0622 e. The molecule has 1 aromatic carbocycles. The van der Waals surface area contributed by atoms with Gasteiger partial charge in [-0.2, -0.15) is 0 Å². The summed E-state index contributed by atoms with van der Waals surface area (Å²) in [6.07, 6.45) is 1.12. The fraction of sp³-hybridized carbons (Fsp3) is 0.500. The summed E-state index contributed by atoms with van der Waals surface area (Å²) in [6.45, 7) is 2.60. The zero-order valence-corrected chi connectivity index (χ0v) is 11.0. The van der Waals surface area contributed by atoms with Gasteiger partial charge in [-0.15, -0.1) is 0 Å². The summed E-state index contributed by atoms with van der Waals surface area (Å²) in [5, 5.41) is 0. The summed E-state index contributed by atoms with van der Waals surface area (Å²) in [5.41, 5.74) is 8.01. The number of anilines is 1. The first-order chi connectivity index (χ1) is 7.66. The second-order valence-corrected chi connectivity index (χ2v) is 5.19. The van der Waals surface area contributed by atoms with Gasteiger partial charge in [-0.3, -0.25) is 4.90 Å². The molecule has 3 nitrogen and oxygen atoms in total. The number of nitrogens with zero attached hydrogens (tertiary/aromatic N) is 1. The lowest BCUT2D eigenvalue weighted by Gasteiger charge is -2.23. The Kier molecular flexibility index (Phi) is 3.84. The Morgan fingerprint density at radius 3 is 3.00 bits per heavy atom. The second-order valence-electron chi connectivity index (χ2n) is 4.28. The van der Waals surface area contributed by atoms with Crippen molar-refractivity contribution in [1.29, 1.82) is 0 Å². The molecular formula is C12H17BrN2O. The first-order valence-corrected chi connectivity index (χ1v) is 6.28. The zero-order chi connectivity index (χ0) is 11.5. The van der Waals surface area contributed by atoms with Gasteiger partial charge in [0.2, 0.25) is 0 Å². The lowest BCUT2D eigenvalue weighted by molar-refractivity contribution is 0.156. The summed E-state index contributed by atoms with van der Waals surface area (Å²) in [7, 11) is 2.13. The van der Waals surface area contributed by atoms with Gasteiger partial charge in [0.15, 0.2) is 0 Å². The fourth-order valence-corrected chi connectivity index (χ4v) is 2.36. The van der Waals surface area contributed by atoms with Gasteiger partial charge in [-0.1, -0.05) is 22.0 Å². The standard InChI is InChI=1S/C12H17BrN2O/c1-15(11-4-5-16-8-11)7-9-2-3-10(13)6-12(9)14/h2-3,6,11H,4-5,7-8,14H2,1H3. The van der Waals surface area contributed by atoms with Crippen LogP contribution in [0.15, 0.2) is 22.7 Å². The lowest BCUT2D eigenvalue weighted by atomic mass is 10.1. The number of hydrogen-bond acceptors (Lipinski definition) is 3. The quantitative estimate of drug-likeness (QED) is 0.866. The molecule has 2 rings (SSSR count). The van der Waals surface area contributed by atoms with E-state index in [0.29, 0.717) is 6.04 Å². The van der Waals surface area contributed by atoms with Crippen LogP contribution < -0.4 is 5.73 Å². The molecule has 1 aromatic rings. The van der Waals surface area contributed by atoms with Gasteiger partial charge in [-0.05, 0) is 31.2 Å². The molecule has 1 heterocycles. The molecule has 0 aromatic heterocycles. The first-order valence-electron chi connectivity index (χ1n) is 5.48. The Morgan fingerprint density at radius 2 is 2.38 bits per heavy atom. The molecule has 1 unspecified atom stereocenters. The summed E-state index contributed by atoms with van der Waals surface area (Å²) in [4.78, 5) is 2.31. The highest BCUT2D eigenvalue weighted by Gasteiger charge is 2.20. The van der Waals surface area contributed by atoms with Crippen LogP contribution in [0.3, 0.4) is 0 Å². The molecule has 0 radical (unpaired) electrons. The van der Waals surface area contributed by atoms with Crippen molar-refractivity contribution in [1.82, 2.24) is 4.90 Å². The molecule has 1 fully saturated rings. The minimum absolute atomic E-state index is 0.531. The van der Waals surface area contributed by atoms with Crippen LogP contribution in [0, 0.1) is 0 Å². The average molecular weight is 285 g/mol. The minimum atomic E-state index is 0.531. The van der Waals surface area contributed by atoms with E-state index in [2.05, 4.69) is 33.9 Å². The highest BCUT2D eigenvalue weighted by molar-refractivity contribution is 9.10. The van der Waals surface area contributed by atoms with Crippen molar-refractivity contribution in [3.8, 4) is 0 Å². The lowest BCUT2D eigenvalue weighted by Crippen LogP contribution is -2.31. The van der Waals surface area contributed by atoms with E-state index in [4.69, 9.17) is 10.5 Å². The summed E-state index contributed by atoms with van der Waals surface area (Å²) < 4.78 is 6.41. The van der Waals surface area contributed by atoms with E-state index >= 15 is 0 Å². The molecule has 1 aliphatic rings. The number of ether oxygens (including phenoxy) is 1. The van der Waals surface area contributed by atoms with Gasteiger partial charge in [0.05, 0.1) is 6.61 Å². The summed E-state index contributed by atoms with van der Waals surface area (Å²) >= 11 is 3.42. The van der Waals surface area contributed by atoms with Crippen molar-refractivity contribution in [3.63, 3.8) is 0 Å². The maximum absolute atomic E-state index is 5.98. The van der Waals surface area contributed by atoms with Crippen LogP contribution in [-0.4, -0.2) is 31.2 Å². The monoisotopic (exact) mass is 284 g/mol. The molecule has 0 saturated carbocycles. The van der Waals surface area contributed by atoms with Crippen LogP contribution in [0.4, 0.5) is 5.69 Å². The molecule has 0 bridgehead atoms. The number of nitrogens with two attached hydrogens (primary N) is 1. The third kappa shape index (κ3) is 2.75. The van der Waals surface area contributed by atoms with E-state index in [1.54, 1.807) is 0 Å². The number of benzene rings is 1. The maximum atomic E-state index is 5.98. The van der Waals surface area contributed by atoms with Crippen LogP contribution in [0.25, 0.3) is 0 Å². The molecule has 4 heteroatoms. The largest absolute Gasteiger partial charge is 0.398 e. The molecule has 1 aliphatic heterocycles. The molecule has 16 heavy (non-hydrogen) atoms. The number of hydrogen-bond donors (Lipinski definition) is 1. The topological polar surface area (TPSA) is 38.5 Å². The van der Waals surface area contributed by atoms with E-state index in [0.717, 1.165) is 36.3 Å². The van der Waals surface area contributed by atoms with Crippen LogP contribution in [0.1, 0.15) is 12.0 Å². The summed E-state index contributed by atoms with van der Waals surface area (Å²) in [6, 6.07) is 6.59. The van der Waals surface area contributed by atoms with Gasteiger partial charge in [0.25, 0.3) is 0 Å². The third-order valence-electron chi connectivity index (χ3n) is 3.06. The number of halogens is 1. The number of likely N-dealkylation sites (N-methyl/N-ethyl adjacent to an activating group) is 1. The van der Waals surface area contributed by atoms with Crippen molar-refractivity contribution < 1.29 is 4.74 Å². The van der Waals surface area contributed by atoms with Gasteiger partial charge in [0, 0.05) is 29.4 Å². The van der Waals surface area contributed by atoms with Crippen molar-refractivity contribution in [2.45, 2.75) is 19.0 Å². The molecule has 2 N–H and O–H groups in total. The Balaban J connectivity index is 2.02.